The molecule has 370 valence electrons. The summed E-state index contributed by atoms with van der Waals surface area (Å²) in [5.41, 5.74) is 0. The Balaban J connectivity index is 1.73. The normalized spacial score (nSPS) is 28.3. The van der Waals surface area contributed by atoms with E-state index in [-0.39, 0.29) is 6.61 Å². The second kappa shape index (κ2) is 36.6. The zero-order valence-corrected chi connectivity index (χ0v) is 39.7. The Morgan fingerprint density at radius 2 is 0.823 bits per heavy atom. The number of hydrogen-bond acceptors (Lipinski definition) is 13. The Labute approximate surface area is 376 Å². The summed E-state index contributed by atoms with van der Waals surface area (Å²) in [5.74, 6) is 1.72. The van der Waals surface area contributed by atoms with Crippen molar-refractivity contribution in [3.8, 4) is 0 Å². The fourth-order valence-corrected chi connectivity index (χ4v) is 8.28. The van der Waals surface area contributed by atoms with E-state index in [9.17, 15) is 35.7 Å². The summed E-state index contributed by atoms with van der Waals surface area (Å²) in [7, 11) is 0. The van der Waals surface area contributed by atoms with Crippen molar-refractivity contribution in [2.24, 2.45) is 11.8 Å². The molecule has 0 aliphatic carbocycles. The summed E-state index contributed by atoms with van der Waals surface area (Å²) in [5, 5.41) is 72.1. The van der Waals surface area contributed by atoms with E-state index in [1.54, 1.807) is 0 Å². The van der Waals surface area contributed by atoms with Crippen LogP contribution in [0.1, 0.15) is 195 Å². The number of rotatable bonds is 40. The highest BCUT2D eigenvalue weighted by molar-refractivity contribution is 4.91. The standard InChI is InChI=1S/C49H96O13/c1-5-37(3)29-25-21-17-13-9-7-11-15-19-23-27-31-57-34-39(58-32-28-24-20-16-12-8-10-14-18-22-26-30-38(4)6-2)35-59-48-47(56)45(54)43(52)41(62-48)36-60-49-46(55)44(53)42(51)40(33-50)61-49/h37-56H,5-36H2,1-4H3/t37-,38-,39-,40-,41-,42-,43-,44+,45+,46-,47-,48-,49-/m1/s1. The summed E-state index contributed by atoms with van der Waals surface area (Å²) < 4.78 is 35.0. The van der Waals surface area contributed by atoms with Gasteiger partial charge in [-0.15, -0.1) is 0 Å². The maximum atomic E-state index is 10.8. The van der Waals surface area contributed by atoms with Crippen LogP contribution in [0.5, 0.6) is 0 Å². The third-order valence-electron chi connectivity index (χ3n) is 13.3. The average molecular weight is 893 g/mol. The van der Waals surface area contributed by atoms with E-state index in [2.05, 4.69) is 27.7 Å². The lowest BCUT2D eigenvalue weighted by molar-refractivity contribution is -0.333. The highest BCUT2D eigenvalue weighted by Crippen LogP contribution is 2.27. The smallest absolute Gasteiger partial charge is 0.186 e. The van der Waals surface area contributed by atoms with Gasteiger partial charge in [0.25, 0.3) is 0 Å². The molecule has 2 heterocycles. The van der Waals surface area contributed by atoms with Crippen LogP contribution < -0.4 is 0 Å². The molecule has 13 nitrogen and oxygen atoms in total. The van der Waals surface area contributed by atoms with Gasteiger partial charge in [-0.1, -0.05) is 182 Å². The van der Waals surface area contributed by atoms with Crippen LogP contribution in [0.15, 0.2) is 0 Å². The van der Waals surface area contributed by atoms with Gasteiger partial charge in [0.2, 0.25) is 0 Å². The first kappa shape index (κ1) is 57.6. The molecule has 13 atom stereocenters. The van der Waals surface area contributed by atoms with Gasteiger partial charge in [0.15, 0.2) is 12.6 Å². The van der Waals surface area contributed by atoms with Crippen molar-refractivity contribution >= 4 is 0 Å². The largest absolute Gasteiger partial charge is 0.394 e. The second-order valence-corrected chi connectivity index (χ2v) is 18.8. The molecule has 2 aliphatic heterocycles. The molecule has 2 aliphatic rings. The van der Waals surface area contributed by atoms with Crippen molar-refractivity contribution in [2.75, 3.05) is 39.6 Å². The maximum Gasteiger partial charge on any atom is 0.186 e. The van der Waals surface area contributed by atoms with Gasteiger partial charge in [-0.05, 0) is 24.7 Å². The maximum absolute atomic E-state index is 10.8. The molecule has 62 heavy (non-hydrogen) atoms. The van der Waals surface area contributed by atoms with E-state index >= 15 is 0 Å². The SMILES string of the molecule is CC[C@@H](C)CCCCCCCCCCCCCOC[C@H](CO[C@@H]1O[C@H](CO[C@@H]2O[C@H](CO)[C@@H](O)[C@H](O)[C@H]2O)[C@@H](O)[C@H](O)[C@H]1O)OCCCCCCCCCCCCC[C@H](C)CC. The average Bonchev–Trinajstić information content (AvgIpc) is 3.27. The molecule has 0 amide bonds. The van der Waals surface area contributed by atoms with Gasteiger partial charge >= 0.3 is 0 Å². The van der Waals surface area contributed by atoms with Crippen molar-refractivity contribution < 1.29 is 64.2 Å². The fraction of sp³-hybridized carbons (Fsp3) is 1.00. The Morgan fingerprint density at radius 1 is 0.435 bits per heavy atom. The minimum absolute atomic E-state index is 0.0142. The van der Waals surface area contributed by atoms with E-state index in [1.165, 1.54) is 141 Å². The Bertz CT molecular complexity index is 1010. The minimum Gasteiger partial charge on any atom is -0.394 e. The Hall–Kier alpha value is -0.520. The van der Waals surface area contributed by atoms with Gasteiger partial charge in [0.05, 0.1) is 26.4 Å². The molecule has 13 heteroatoms. The molecular formula is C49H96O13. The van der Waals surface area contributed by atoms with Crippen LogP contribution in [-0.4, -0.2) is 143 Å². The zero-order chi connectivity index (χ0) is 45.4. The van der Waals surface area contributed by atoms with E-state index in [1.807, 2.05) is 0 Å². The molecule has 0 radical (unpaired) electrons. The lowest BCUT2D eigenvalue weighted by Gasteiger charge is -2.42. The van der Waals surface area contributed by atoms with Crippen LogP contribution in [0.3, 0.4) is 0 Å². The fourth-order valence-electron chi connectivity index (χ4n) is 8.28. The van der Waals surface area contributed by atoms with Crippen LogP contribution in [0.4, 0.5) is 0 Å². The van der Waals surface area contributed by atoms with Crippen molar-refractivity contribution in [3.63, 3.8) is 0 Å². The summed E-state index contributed by atoms with van der Waals surface area (Å²) >= 11 is 0. The van der Waals surface area contributed by atoms with Gasteiger partial charge in [-0.3, -0.25) is 0 Å². The van der Waals surface area contributed by atoms with Crippen LogP contribution in [0, 0.1) is 11.8 Å². The van der Waals surface area contributed by atoms with Crippen LogP contribution in [0.2, 0.25) is 0 Å². The number of aliphatic hydroxyl groups is 7. The molecule has 2 rings (SSSR count). The molecule has 2 saturated heterocycles. The topological polar surface area (TPSA) is 197 Å². The lowest BCUT2D eigenvalue weighted by Crippen LogP contribution is -2.61. The molecule has 2 fully saturated rings. The van der Waals surface area contributed by atoms with Gasteiger partial charge in [0.1, 0.15) is 54.9 Å². The molecule has 0 bridgehead atoms. The molecular weight excluding hydrogens is 797 g/mol. The van der Waals surface area contributed by atoms with Gasteiger partial charge in [0, 0.05) is 13.2 Å². The second-order valence-electron chi connectivity index (χ2n) is 18.8. The molecule has 0 aromatic heterocycles. The molecule has 7 N–H and O–H groups in total. The third kappa shape index (κ3) is 24.8. The quantitative estimate of drug-likeness (QED) is 0.0299. The van der Waals surface area contributed by atoms with Crippen molar-refractivity contribution in [1.29, 1.82) is 0 Å². The summed E-state index contributed by atoms with van der Waals surface area (Å²) in [6.07, 6.45) is 17.8. The van der Waals surface area contributed by atoms with Gasteiger partial charge < -0.3 is 64.2 Å². The molecule has 0 unspecified atom stereocenters. The Morgan fingerprint density at radius 3 is 1.27 bits per heavy atom. The highest BCUT2D eigenvalue weighted by atomic mass is 16.7. The number of unbranched alkanes of at least 4 members (excludes halogenated alkanes) is 20. The molecule has 0 saturated carbocycles. The van der Waals surface area contributed by atoms with Gasteiger partial charge in [-0.2, -0.15) is 0 Å². The first-order chi connectivity index (χ1) is 30.0. The summed E-state index contributed by atoms with van der Waals surface area (Å²) in [6, 6.07) is 0. The first-order valence-electron chi connectivity index (χ1n) is 25.5. The third-order valence-corrected chi connectivity index (χ3v) is 13.3. The van der Waals surface area contributed by atoms with E-state index in [0.717, 1.165) is 37.5 Å². The molecule has 0 spiro atoms. The van der Waals surface area contributed by atoms with Crippen LogP contribution >= 0.6 is 0 Å². The monoisotopic (exact) mass is 893 g/mol. The predicted molar refractivity (Wildman–Crippen MR) is 243 cm³/mol. The minimum atomic E-state index is -1.65. The zero-order valence-electron chi connectivity index (χ0n) is 39.7. The predicted octanol–water partition coefficient (Wildman–Crippen LogP) is 7.48. The van der Waals surface area contributed by atoms with Gasteiger partial charge in [-0.25, -0.2) is 0 Å². The van der Waals surface area contributed by atoms with Crippen molar-refractivity contribution in [3.05, 3.63) is 0 Å². The molecule has 0 aromatic carbocycles. The molecule has 0 aromatic rings. The van der Waals surface area contributed by atoms with E-state index < -0.39 is 80.7 Å². The summed E-state index contributed by atoms with van der Waals surface area (Å²) in [6.45, 7) is 9.68. The van der Waals surface area contributed by atoms with E-state index in [4.69, 9.17) is 28.4 Å². The van der Waals surface area contributed by atoms with E-state index in [0.29, 0.717) is 19.8 Å². The van der Waals surface area contributed by atoms with Crippen LogP contribution in [0.25, 0.3) is 0 Å². The number of hydrogen-bond donors (Lipinski definition) is 7. The van der Waals surface area contributed by atoms with Crippen LogP contribution in [-0.2, 0) is 28.4 Å². The number of aliphatic hydroxyl groups excluding tert-OH is 7. The van der Waals surface area contributed by atoms with Crippen molar-refractivity contribution in [1.82, 2.24) is 0 Å². The lowest BCUT2D eigenvalue weighted by atomic mass is 9.98. The summed E-state index contributed by atoms with van der Waals surface area (Å²) in [4.78, 5) is 0. The highest BCUT2D eigenvalue weighted by Gasteiger charge is 2.47. The van der Waals surface area contributed by atoms with Crippen molar-refractivity contribution in [2.45, 2.75) is 262 Å². The first-order valence-corrected chi connectivity index (χ1v) is 25.5. The Kier molecular flexibility index (Phi) is 34.0. The number of ether oxygens (including phenoxy) is 6.